The van der Waals surface area contributed by atoms with Crippen LogP contribution < -0.4 is 5.32 Å². The third-order valence-corrected chi connectivity index (χ3v) is 2.55. The standard InChI is InChI=1S/C11H22N2O2/c1-3-8-15-10-6-5-7-13(9-10)11(14)12-4-2/h10H,3-9H2,1-2H3,(H,12,14). The zero-order valence-corrected chi connectivity index (χ0v) is 9.79. The molecule has 1 unspecified atom stereocenters. The van der Waals surface area contributed by atoms with E-state index in [4.69, 9.17) is 4.74 Å². The molecule has 1 N–H and O–H groups in total. The van der Waals surface area contributed by atoms with Gasteiger partial charge < -0.3 is 15.0 Å². The Hall–Kier alpha value is -0.770. The molecule has 0 spiro atoms. The first-order valence-corrected chi connectivity index (χ1v) is 5.92. The van der Waals surface area contributed by atoms with Gasteiger partial charge in [0, 0.05) is 26.2 Å². The zero-order valence-electron chi connectivity index (χ0n) is 9.79. The Bertz CT molecular complexity index is 197. The Balaban J connectivity index is 2.31. The van der Waals surface area contributed by atoms with Gasteiger partial charge >= 0.3 is 6.03 Å². The Morgan fingerprint density at radius 3 is 3.00 bits per heavy atom. The number of piperidine rings is 1. The van der Waals surface area contributed by atoms with Crippen molar-refractivity contribution in [2.45, 2.75) is 39.2 Å². The Morgan fingerprint density at radius 2 is 2.33 bits per heavy atom. The van der Waals surface area contributed by atoms with Gasteiger partial charge in [-0.05, 0) is 26.2 Å². The van der Waals surface area contributed by atoms with Crippen LogP contribution in [-0.4, -0.2) is 43.3 Å². The van der Waals surface area contributed by atoms with Gasteiger partial charge in [-0.2, -0.15) is 0 Å². The summed E-state index contributed by atoms with van der Waals surface area (Å²) in [6.45, 7) is 7.13. The van der Waals surface area contributed by atoms with Gasteiger partial charge in [0.2, 0.25) is 0 Å². The van der Waals surface area contributed by atoms with Crippen LogP contribution in [0.3, 0.4) is 0 Å². The van der Waals surface area contributed by atoms with Gasteiger partial charge in [-0.3, -0.25) is 0 Å². The molecule has 0 saturated carbocycles. The minimum Gasteiger partial charge on any atom is -0.376 e. The van der Waals surface area contributed by atoms with Crippen molar-refractivity contribution in [3.8, 4) is 0 Å². The van der Waals surface area contributed by atoms with E-state index in [-0.39, 0.29) is 12.1 Å². The van der Waals surface area contributed by atoms with E-state index < -0.39 is 0 Å². The minimum atomic E-state index is 0.0438. The lowest BCUT2D eigenvalue weighted by Crippen LogP contribution is -2.47. The number of hydrogen-bond acceptors (Lipinski definition) is 2. The van der Waals surface area contributed by atoms with E-state index in [0.29, 0.717) is 6.54 Å². The molecule has 0 aromatic carbocycles. The number of urea groups is 1. The molecule has 0 aromatic heterocycles. The van der Waals surface area contributed by atoms with Crippen LogP contribution in [0.5, 0.6) is 0 Å². The molecule has 4 nitrogen and oxygen atoms in total. The lowest BCUT2D eigenvalue weighted by atomic mass is 10.1. The van der Waals surface area contributed by atoms with Crippen molar-refractivity contribution in [1.82, 2.24) is 10.2 Å². The van der Waals surface area contributed by atoms with Gasteiger partial charge in [0.15, 0.2) is 0 Å². The molecule has 15 heavy (non-hydrogen) atoms. The van der Waals surface area contributed by atoms with Crippen molar-refractivity contribution < 1.29 is 9.53 Å². The summed E-state index contributed by atoms with van der Waals surface area (Å²) in [5.74, 6) is 0. The van der Waals surface area contributed by atoms with Gasteiger partial charge in [-0.15, -0.1) is 0 Å². The van der Waals surface area contributed by atoms with E-state index in [1.807, 2.05) is 11.8 Å². The SMILES string of the molecule is CCCOC1CCCN(C(=O)NCC)C1. The molecule has 2 amide bonds. The summed E-state index contributed by atoms with van der Waals surface area (Å²) in [4.78, 5) is 13.4. The molecule has 0 bridgehead atoms. The highest BCUT2D eigenvalue weighted by atomic mass is 16.5. The molecule has 88 valence electrons. The van der Waals surface area contributed by atoms with Crippen molar-refractivity contribution >= 4 is 6.03 Å². The van der Waals surface area contributed by atoms with Gasteiger partial charge in [0.05, 0.1) is 6.10 Å². The average Bonchev–Trinajstić information content (AvgIpc) is 2.27. The van der Waals surface area contributed by atoms with Gasteiger partial charge in [0.1, 0.15) is 0 Å². The van der Waals surface area contributed by atoms with Crippen LogP contribution in [0.2, 0.25) is 0 Å². The number of carbonyl (C=O) groups is 1. The normalized spacial score (nSPS) is 21.5. The highest BCUT2D eigenvalue weighted by molar-refractivity contribution is 5.74. The average molecular weight is 214 g/mol. The van der Waals surface area contributed by atoms with Crippen LogP contribution in [0.25, 0.3) is 0 Å². The summed E-state index contributed by atoms with van der Waals surface area (Å²) >= 11 is 0. The third-order valence-electron chi connectivity index (χ3n) is 2.55. The van der Waals surface area contributed by atoms with E-state index >= 15 is 0 Å². The van der Waals surface area contributed by atoms with Gasteiger partial charge in [0.25, 0.3) is 0 Å². The molecule has 1 aliphatic heterocycles. The van der Waals surface area contributed by atoms with Crippen molar-refractivity contribution in [2.24, 2.45) is 0 Å². The number of nitrogens with one attached hydrogen (secondary N) is 1. The highest BCUT2D eigenvalue weighted by Gasteiger charge is 2.23. The maximum Gasteiger partial charge on any atom is 0.317 e. The second-order valence-corrected chi connectivity index (χ2v) is 3.92. The smallest absolute Gasteiger partial charge is 0.317 e. The summed E-state index contributed by atoms with van der Waals surface area (Å²) in [5.41, 5.74) is 0. The first-order chi connectivity index (χ1) is 7.27. The largest absolute Gasteiger partial charge is 0.376 e. The van der Waals surface area contributed by atoms with E-state index in [0.717, 1.165) is 39.0 Å². The topological polar surface area (TPSA) is 41.6 Å². The predicted octanol–water partition coefficient (Wildman–Crippen LogP) is 1.61. The first kappa shape index (κ1) is 12.3. The zero-order chi connectivity index (χ0) is 11.1. The van der Waals surface area contributed by atoms with Crippen LogP contribution in [0.15, 0.2) is 0 Å². The van der Waals surface area contributed by atoms with Gasteiger partial charge in [-0.1, -0.05) is 6.92 Å². The molecule has 1 aliphatic rings. The number of hydrogen-bond donors (Lipinski definition) is 1. The Kier molecular flexibility index (Phi) is 5.47. The minimum absolute atomic E-state index is 0.0438. The number of ether oxygens (including phenoxy) is 1. The molecule has 0 aliphatic carbocycles. The Labute approximate surface area is 92.0 Å². The summed E-state index contributed by atoms with van der Waals surface area (Å²) in [6, 6.07) is 0.0438. The van der Waals surface area contributed by atoms with Crippen LogP contribution >= 0.6 is 0 Å². The number of carbonyl (C=O) groups excluding carboxylic acids is 1. The fourth-order valence-electron chi connectivity index (χ4n) is 1.81. The fourth-order valence-corrected chi connectivity index (χ4v) is 1.81. The monoisotopic (exact) mass is 214 g/mol. The lowest BCUT2D eigenvalue weighted by Gasteiger charge is -2.32. The Morgan fingerprint density at radius 1 is 1.53 bits per heavy atom. The lowest BCUT2D eigenvalue weighted by molar-refractivity contribution is 0.0101. The molecule has 1 rings (SSSR count). The van der Waals surface area contributed by atoms with Crippen LogP contribution in [0.1, 0.15) is 33.1 Å². The van der Waals surface area contributed by atoms with Crippen LogP contribution in [0, 0.1) is 0 Å². The van der Waals surface area contributed by atoms with E-state index in [2.05, 4.69) is 12.2 Å². The van der Waals surface area contributed by atoms with E-state index in [9.17, 15) is 4.79 Å². The first-order valence-electron chi connectivity index (χ1n) is 5.92. The molecular weight excluding hydrogens is 192 g/mol. The molecule has 0 aromatic rings. The molecular formula is C11H22N2O2. The second-order valence-electron chi connectivity index (χ2n) is 3.92. The highest BCUT2D eigenvalue weighted by Crippen LogP contribution is 2.13. The molecule has 1 heterocycles. The molecule has 4 heteroatoms. The number of rotatable bonds is 4. The van der Waals surface area contributed by atoms with Crippen molar-refractivity contribution in [1.29, 1.82) is 0 Å². The van der Waals surface area contributed by atoms with E-state index in [1.165, 1.54) is 0 Å². The summed E-state index contributed by atoms with van der Waals surface area (Å²) < 4.78 is 5.67. The van der Waals surface area contributed by atoms with Gasteiger partial charge in [-0.25, -0.2) is 4.79 Å². The maximum atomic E-state index is 11.6. The quantitative estimate of drug-likeness (QED) is 0.772. The van der Waals surface area contributed by atoms with Crippen molar-refractivity contribution in [3.63, 3.8) is 0 Å². The van der Waals surface area contributed by atoms with Crippen molar-refractivity contribution in [2.75, 3.05) is 26.2 Å². The maximum absolute atomic E-state index is 11.6. The summed E-state index contributed by atoms with van der Waals surface area (Å²) in [7, 11) is 0. The fraction of sp³-hybridized carbons (Fsp3) is 0.909. The third kappa shape index (κ3) is 4.08. The molecule has 0 radical (unpaired) electrons. The predicted molar refractivity (Wildman–Crippen MR) is 59.9 cm³/mol. The number of amides is 2. The number of likely N-dealkylation sites (tertiary alicyclic amines) is 1. The summed E-state index contributed by atoms with van der Waals surface area (Å²) in [5, 5.41) is 2.82. The molecule has 1 atom stereocenters. The summed E-state index contributed by atoms with van der Waals surface area (Å²) in [6.07, 6.45) is 3.40. The molecule has 1 saturated heterocycles. The molecule has 1 fully saturated rings. The van der Waals surface area contributed by atoms with E-state index in [1.54, 1.807) is 0 Å². The number of nitrogens with zero attached hydrogens (tertiary/aromatic N) is 1. The van der Waals surface area contributed by atoms with Crippen LogP contribution in [-0.2, 0) is 4.74 Å². The van der Waals surface area contributed by atoms with Crippen LogP contribution in [0.4, 0.5) is 4.79 Å². The van der Waals surface area contributed by atoms with Crippen molar-refractivity contribution in [3.05, 3.63) is 0 Å². The second kappa shape index (κ2) is 6.67.